The summed E-state index contributed by atoms with van der Waals surface area (Å²) in [6.45, 7) is 1.89. The fourth-order valence-corrected chi connectivity index (χ4v) is 3.02. The Morgan fingerprint density at radius 1 is 0.960 bits per heavy atom. The zero-order chi connectivity index (χ0) is 18.0. The second-order valence-corrected chi connectivity index (χ2v) is 6.81. The molecule has 0 bridgehead atoms. The zero-order valence-corrected chi connectivity index (χ0v) is 15.5. The molecule has 1 atom stereocenters. The standard InChI is InChI=1S/C19H14Cl3NO2/c1-11(12-2-4-13(20)5-3-12)23-19(24)18-9-8-17(25-18)15-7-6-14(21)10-16(15)22/h2-11H,1H3,(H,23,24). The quantitative estimate of drug-likeness (QED) is 0.556. The Hall–Kier alpha value is -1.94. The molecule has 0 aliphatic rings. The van der Waals surface area contributed by atoms with Crippen LogP contribution < -0.4 is 5.32 Å². The molecule has 128 valence electrons. The molecule has 3 aromatic rings. The van der Waals surface area contributed by atoms with E-state index in [1.165, 1.54) is 0 Å². The summed E-state index contributed by atoms with van der Waals surface area (Å²) in [5, 5.41) is 4.54. The van der Waals surface area contributed by atoms with Crippen LogP contribution in [0.3, 0.4) is 0 Å². The van der Waals surface area contributed by atoms with Gasteiger partial charge in [0.25, 0.3) is 5.91 Å². The van der Waals surface area contributed by atoms with E-state index in [-0.39, 0.29) is 17.7 Å². The summed E-state index contributed by atoms with van der Waals surface area (Å²) in [5.41, 5.74) is 1.63. The van der Waals surface area contributed by atoms with Gasteiger partial charge in [-0.15, -0.1) is 0 Å². The summed E-state index contributed by atoms with van der Waals surface area (Å²) in [6, 6.07) is 15.5. The molecule has 0 saturated carbocycles. The molecular formula is C19H14Cl3NO2. The highest BCUT2D eigenvalue weighted by Crippen LogP contribution is 2.31. The van der Waals surface area contributed by atoms with Crippen molar-refractivity contribution in [3.05, 3.63) is 81.0 Å². The number of carbonyl (C=O) groups excluding carboxylic acids is 1. The first-order chi connectivity index (χ1) is 11.9. The maximum Gasteiger partial charge on any atom is 0.287 e. The van der Waals surface area contributed by atoms with Gasteiger partial charge in [-0.1, -0.05) is 46.9 Å². The van der Waals surface area contributed by atoms with E-state index < -0.39 is 0 Å². The molecule has 0 aliphatic heterocycles. The van der Waals surface area contributed by atoms with Crippen molar-refractivity contribution < 1.29 is 9.21 Å². The lowest BCUT2D eigenvalue weighted by Gasteiger charge is -2.13. The van der Waals surface area contributed by atoms with Gasteiger partial charge in [-0.2, -0.15) is 0 Å². The van der Waals surface area contributed by atoms with Crippen LogP contribution in [0.4, 0.5) is 0 Å². The highest BCUT2D eigenvalue weighted by molar-refractivity contribution is 6.36. The predicted molar refractivity (Wildman–Crippen MR) is 101 cm³/mol. The van der Waals surface area contributed by atoms with Gasteiger partial charge in [-0.05, 0) is 55.0 Å². The van der Waals surface area contributed by atoms with Crippen molar-refractivity contribution in [2.45, 2.75) is 13.0 Å². The lowest BCUT2D eigenvalue weighted by Crippen LogP contribution is -2.26. The van der Waals surface area contributed by atoms with Crippen molar-refractivity contribution in [1.82, 2.24) is 5.32 Å². The summed E-state index contributed by atoms with van der Waals surface area (Å²) in [4.78, 5) is 12.4. The fraction of sp³-hybridized carbons (Fsp3) is 0.105. The molecule has 0 spiro atoms. The van der Waals surface area contributed by atoms with Gasteiger partial charge in [0.1, 0.15) is 5.76 Å². The van der Waals surface area contributed by atoms with Gasteiger partial charge in [-0.3, -0.25) is 4.79 Å². The van der Waals surface area contributed by atoms with Crippen LogP contribution in [-0.2, 0) is 0 Å². The van der Waals surface area contributed by atoms with E-state index in [9.17, 15) is 4.79 Å². The fourth-order valence-electron chi connectivity index (χ4n) is 2.40. The van der Waals surface area contributed by atoms with Crippen LogP contribution in [0, 0.1) is 0 Å². The van der Waals surface area contributed by atoms with Gasteiger partial charge in [0, 0.05) is 15.6 Å². The molecule has 3 nitrogen and oxygen atoms in total. The monoisotopic (exact) mass is 393 g/mol. The third-order valence-corrected chi connectivity index (χ3v) is 4.54. The van der Waals surface area contributed by atoms with E-state index in [2.05, 4.69) is 5.32 Å². The van der Waals surface area contributed by atoms with E-state index in [4.69, 9.17) is 39.2 Å². The Bertz CT molecular complexity index is 903. The highest BCUT2D eigenvalue weighted by Gasteiger charge is 2.16. The summed E-state index contributed by atoms with van der Waals surface area (Å²) in [7, 11) is 0. The Morgan fingerprint density at radius 2 is 1.64 bits per heavy atom. The minimum atomic E-state index is -0.307. The zero-order valence-electron chi connectivity index (χ0n) is 13.2. The van der Waals surface area contributed by atoms with Crippen LogP contribution in [0.2, 0.25) is 15.1 Å². The molecule has 6 heteroatoms. The normalized spacial score (nSPS) is 12.0. The van der Waals surface area contributed by atoms with Crippen LogP contribution in [0.1, 0.15) is 29.1 Å². The van der Waals surface area contributed by atoms with Crippen LogP contribution in [0.5, 0.6) is 0 Å². The SMILES string of the molecule is CC(NC(=O)c1ccc(-c2ccc(Cl)cc2Cl)o1)c1ccc(Cl)cc1. The van der Waals surface area contributed by atoms with Crippen LogP contribution in [0.25, 0.3) is 11.3 Å². The average Bonchev–Trinajstić information content (AvgIpc) is 3.05. The maximum atomic E-state index is 12.4. The third-order valence-electron chi connectivity index (χ3n) is 3.74. The molecule has 25 heavy (non-hydrogen) atoms. The van der Waals surface area contributed by atoms with Gasteiger partial charge in [0.05, 0.1) is 11.1 Å². The number of benzene rings is 2. The van der Waals surface area contributed by atoms with Crippen molar-refractivity contribution in [2.75, 3.05) is 0 Å². The van der Waals surface area contributed by atoms with E-state index >= 15 is 0 Å². The molecule has 0 aliphatic carbocycles. The molecular weight excluding hydrogens is 381 g/mol. The Kier molecular flexibility index (Phi) is 5.38. The number of carbonyl (C=O) groups is 1. The second-order valence-electron chi connectivity index (χ2n) is 5.53. The molecule has 0 radical (unpaired) electrons. The minimum absolute atomic E-state index is 0.183. The largest absolute Gasteiger partial charge is 0.451 e. The Morgan fingerprint density at radius 3 is 2.32 bits per heavy atom. The van der Waals surface area contributed by atoms with Crippen molar-refractivity contribution in [3.63, 3.8) is 0 Å². The molecule has 1 unspecified atom stereocenters. The molecule has 0 fully saturated rings. The Labute approximate surface area is 160 Å². The molecule has 0 saturated heterocycles. The molecule has 2 aromatic carbocycles. The third kappa shape index (κ3) is 4.18. The first-order valence-electron chi connectivity index (χ1n) is 7.55. The summed E-state index contributed by atoms with van der Waals surface area (Å²) in [5.74, 6) is 0.409. The van der Waals surface area contributed by atoms with Crippen LogP contribution in [-0.4, -0.2) is 5.91 Å². The molecule has 3 rings (SSSR count). The van der Waals surface area contributed by atoms with Gasteiger partial charge >= 0.3 is 0 Å². The van der Waals surface area contributed by atoms with E-state index in [0.717, 1.165) is 5.56 Å². The summed E-state index contributed by atoms with van der Waals surface area (Å²) < 4.78 is 5.65. The highest BCUT2D eigenvalue weighted by atomic mass is 35.5. The lowest BCUT2D eigenvalue weighted by atomic mass is 10.1. The second kappa shape index (κ2) is 7.52. The van der Waals surface area contributed by atoms with Crippen molar-refractivity contribution in [1.29, 1.82) is 0 Å². The van der Waals surface area contributed by atoms with Crippen molar-refractivity contribution in [2.24, 2.45) is 0 Å². The molecule has 1 heterocycles. The van der Waals surface area contributed by atoms with Gasteiger partial charge in [0.2, 0.25) is 0 Å². The summed E-state index contributed by atoms with van der Waals surface area (Å²) in [6.07, 6.45) is 0. The topological polar surface area (TPSA) is 42.2 Å². The number of furan rings is 1. The number of nitrogens with one attached hydrogen (secondary N) is 1. The number of hydrogen-bond acceptors (Lipinski definition) is 2. The smallest absolute Gasteiger partial charge is 0.287 e. The first-order valence-corrected chi connectivity index (χ1v) is 8.69. The van der Waals surface area contributed by atoms with Crippen molar-refractivity contribution >= 4 is 40.7 Å². The molecule has 1 amide bonds. The number of rotatable bonds is 4. The van der Waals surface area contributed by atoms with Gasteiger partial charge < -0.3 is 9.73 Å². The average molecular weight is 395 g/mol. The van der Waals surface area contributed by atoms with Crippen LogP contribution in [0.15, 0.2) is 59.0 Å². The predicted octanol–water partition coefficient (Wildman–Crippen LogP) is 6.40. The number of hydrogen-bond donors (Lipinski definition) is 1. The van der Waals surface area contributed by atoms with Crippen molar-refractivity contribution in [3.8, 4) is 11.3 Å². The minimum Gasteiger partial charge on any atom is -0.451 e. The number of amides is 1. The first kappa shape index (κ1) is 17.9. The maximum absolute atomic E-state index is 12.4. The molecule has 1 aromatic heterocycles. The van der Waals surface area contributed by atoms with Gasteiger partial charge in [-0.25, -0.2) is 0 Å². The van der Waals surface area contributed by atoms with Gasteiger partial charge in [0.15, 0.2) is 5.76 Å². The van der Waals surface area contributed by atoms with E-state index in [0.29, 0.717) is 26.4 Å². The number of halogens is 3. The van der Waals surface area contributed by atoms with E-state index in [1.54, 1.807) is 42.5 Å². The lowest BCUT2D eigenvalue weighted by molar-refractivity contribution is 0.0912. The Balaban J connectivity index is 1.75. The van der Waals surface area contributed by atoms with Crippen LogP contribution >= 0.6 is 34.8 Å². The molecule has 1 N–H and O–H groups in total. The summed E-state index contributed by atoms with van der Waals surface area (Å²) >= 11 is 18.0. The van der Waals surface area contributed by atoms with E-state index in [1.807, 2.05) is 19.1 Å².